The Morgan fingerprint density at radius 2 is 1.71 bits per heavy atom. The number of piperidine rings is 1. The van der Waals surface area contributed by atoms with Crippen molar-refractivity contribution < 1.29 is 23.8 Å². The monoisotopic (exact) mass is 344 g/mol. The molecule has 0 radical (unpaired) electrons. The van der Waals surface area contributed by atoms with Gasteiger partial charge in [0.15, 0.2) is 0 Å². The van der Waals surface area contributed by atoms with Gasteiger partial charge in [-0.3, -0.25) is 4.79 Å². The molecule has 0 aromatic carbocycles. The fraction of sp³-hybridized carbons (Fsp3) is 0.882. The zero-order valence-electron chi connectivity index (χ0n) is 15.7. The largest absolute Gasteiger partial charge is 0.444 e. The molecule has 24 heavy (non-hydrogen) atoms. The number of nitrogens with zero attached hydrogens (tertiary/aromatic N) is 2. The van der Waals surface area contributed by atoms with Gasteiger partial charge in [-0.25, -0.2) is 4.79 Å². The Morgan fingerprint density at radius 3 is 2.21 bits per heavy atom. The molecule has 0 spiro atoms. The molecule has 1 atom stereocenters. The molecule has 0 saturated carbocycles. The van der Waals surface area contributed by atoms with Crippen LogP contribution in [0.5, 0.6) is 0 Å². The molecule has 0 N–H and O–H groups in total. The average Bonchev–Trinajstić information content (AvgIpc) is 2.53. The molecule has 1 aliphatic heterocycles. The summed E-state index contributed by atoms with van der Waals surface area (Å²) >= 11 is 0. The highest BCUT2D eigenvalue weighted by Crippen LogP contribution is 2.21. The maximum atomic E-state index is 12.8. The van der Waals surface area contributed by atoms with Gasteiger partial charge >= 0.3 is 6.09 Å². The summed E-state index contributed by atoms with van der Waals surface area (Å²) in [6.45, 7) is 8.59. The Bertz CT molecular complexity index is 400. The normalized spacial score (nSPS) is 18.4. The van der Waals surface area contributed by atoms with Gasteiger partial charge in [0, 0.05) is 40.4 Å². The van der Waals surface area contributed by atoms with Gasteiger partial charge in [-0.05, 0) is 33.6 Å². The predicted molar refractivity (Wildman–Crippen MR) is 90.9 cm³/mol. The zero-order chi connectivity index (χ0) is 18.2. The molecular formula is C17H32N2O5. The Hall–Kier alpha value is -1.34. The van der Waals surface area contributed by atoms with E-state index in [2.05, 4.69) is 0 Å². The second kappa shape index (κ2) is 9.84. The SMILES string of the molecule is COCCN(CCOC)C(=O)C1CCCN(C(=O)OC(C)(C)C)C1. The molecule has 1 fully saturated rings. The molecule has 7 heteroatoms. The van der Waals surface area contributed by atoms with Crippen LogP contribution < -0.4 is 0 Å². The van der Waals surface area contributed by atoms with Crippen LogP contribution in [0.1, 0.15) is 33.6 Å². The van der Waals surface area contributed by atoms with Crippen molar-refractivity contribution in [2.75, 3.05) is 53.6 Å². The molecule has 140 valence electrons. The topological polar surface area (TPSA) is 68.3 Å². The number of likely N-dealkylation sites (tertiary alicyclic amines) is 1. The van der Waals surface area contributed by atoms with E-state index in [1.54, 1.807) is 24.0 Å². The molecule has 2 amide bonds. The summed E-state index contributed by atoms with van der Waals surface area (Å²) < 4.78 is 15.6. The van der Waals surface area contributed by atoms with Gasteiger partial charge < -0.3 is 24.0 Å². The molecule has 0 aromatic heterocycles. The number of methoxy groups -OCH3 is 2. The van der Waals surface area contributed by atoms with Crippen LogP contribution in [0.4, 0.5) is 4.79 Å². The molecule has 0 aromatic rings. The highest BCUT2D eigenvalue weighted by atomic mass is 16.6. The fourth-order valence-corrected chi connectivity index (χ4v) is 2.66. The first kappa shape index (κ1) is 20.7. The van der Waals surface area contributed by atoms with Gasteiger partial charge in [0.05, 0.1) is 19.1 Å². The van der Waals surface area contributed by atoms with Gasteiger partial charge in [0.25, 0.3) is 0 Å². The standard InChI is InChI=1S/C17H32N2O5/c1-17(2,3)24-16(21)19-8-6-7-14(13-19)15(20)18(9-11-22-4)10-12-23-5/h14H,6-13H2,1-5H3. The number of rotatable bonds is 7. The average molecular weight is 344 g/mol. The van der Waals surface area contributed by atoms with E-state index in [4.69, 9.17) is 14.2 Å². The first-order chi connectivity index (χ1) is 11.3. The summed E-state index contributed by atoms with van der Waals surface area (Å²) in [4.78, 5) is 28.4. The third-order valence-corrected chi connectivity index (χ3v) is 3.86. The molecule has 0 aliphatic carbocycles. The van der Waals surface area contributed by atoms with E-state index < -0.39 is 5.60 Å². The Morgan fingerprint density at radius 1 is 1.12 bits per heavy atom. The summed E-state index contributed by atoms with van der Waals surface area (Å²) in [6, 6.07) is 0. The van der Waals surface area contributed by atoms with E-state index >= 15 is 0 Å². The zero-order valence-corrected chi connectivity index (χ0v) is 15.7. The fourth-order valence-electron chi connectivity index (χ4n) is 2.66. The number of hydrogen-bond donors (Lipinski definition) is 0. The third-order valence-electron chi connectivity index (χ3n) is 3.86. The molecule has 1 unspecified atom stereocenters. The molecule has 1 saturated heterocycles. The Kier molecular flexibility index (Phi) is 8.48. The van der Waals surface area contributed by atoms with Crippen LogP contribution in [0.25, 0.3) is 0 Å². The molecule has 1 rings (SSSR count). The Labute approximate surface area is 145 Å². The summed E-state index contributed by atoms with van der Waals surface area (Å²) in [5.41, 5.74) is -0.531. The smallest absolute Gasteiger partial charge is 0.410 e. The summed E-state index contributed by atoms with van der Waals surface area (Å²) in [7, 11) is 3.23. The van der Waals surface area contributed by atoms with Crippen molar-refractivity contribution in [3.8, 4) is 0 Å². The van der Waals surface area contributed by atoms with Gasteiger partial charge in [-0.2, -0.15) is 0 Å². The second-order valence-electron chi connectivity index (χ2n) is 7.08. The maximum Gasteiger partial charge on any atom is 0.410 e. The Balaban J connectivity index is 2.65. The van der Waals surface area contributed by atoms with Crippen molar-refractivity contribution in [1.82, 2.24) is 9.80 Å². The van der Waals surface area contributed by atoms with E-state index in [1.165, 1.54) is 0 Å². The molecule has 1 aliphatic rings. The lowest BCUT2D eigenvalue weighted by molar-refractivity contribution is -0.138. The lowest BCUT2D eigenvalue weighted by atomic mass is 9.96. The minimum atomic E-state index is -0.531. The van der Waals surface area contributed by atoms with Gasteiger partial charge in [-0.1, -0.05) is 0 Å². The van der Waals surface area contributed by atoms with Crippen LogP contribution in [-0.2, 0) is 19.0 Å². The number of carbonyl (C=O) groups excluding carboxylic acids is 2. The van der Waals surface area contributed by atoms with Crippen molar-refractivity contribution in [2.24, 2.45) is 5.92 Å². The van der Waals surface area contributed by atoms with E-state index in [0.29, 0.717) is 39.4 Å². The van der Waals surface area contributed by atoms with Crippen molar-refractivity contribution in [1.29, 1.82) is 0 Å². The van der Waals surface area contributed by atoms with Crippen molar-refractivity contribution in [3.05, 3.63) is 0 Å². The van der Waals surface area contributed by atoms with E-state index in [-0.39, 0.29) is 17.9 Å². The molecule has 1 heterocycles. The number of ether oxygens (including phenoxy) is 3. The summed E-state index contributed by atoms with van der Waals surface area (Å²) in [5, 5.41) is 0. The number of hydrogen-bond acceptors (Lipinski definition) is 5. The first-order valence-electron chi connectivity index (χ1n) is 8.53. The van der Waals surface area contributed by atoms with E-state index in [9.17, 15) is 9.59 Å². The van der Waals surface area contributed by atoms with Crippen LogP contribution in [0.2, 0.25) is 0 Å². The van der Waals surface area contributed by atoms with Crippen molar-refractivity contribution in [3.63, 3.8) is 0 Å². The van der Waals surface area contributed by atoms with Crippen LogP contribution >= 0.6 is 0 Å². The van der Waals surface area contributed by atoms with Gasteiger partial charge in [0.1, 0.15) is 5.60 Å². The number of amides is 2. The lowest BCUT2D eigenvalue weighted by Crippen LogP contribution is -2.49. The van der Waals surface area contributed by atoms with Crippen LogP contribution in [0, 0.1) is 5.92 Å². The summed E-state index contributed by atoms with van der Waals surface area (Å²) in [5.74, 6) is -0.141. The molecule has 7 nitrogen and oxygen atoms in total. The van der Waals surface area contributed by atoms with E-state index in [1.807, 2.05) is 20.8 Å². The first-order valence-corrected chi connectivity index (χ1v) is 8.53. The molecular weight excluding hydrogens is 312 g/mol. The van der Waals surface area contributed by atoms with Crippen molar-refractivity contribution in [2.45, 2.75) is 39.2 Å². The summed E-state index contributed by atoms with van der Waals surface area (Å²) in [6.07, 6.45) is 1.24. The van der Waals surface area contributed by atoms with E-state index in [0.717, 1.165) is 12.8 Å². The quantitative estimate of drug-likeness (QED) is 0.704. The third kappa shape index (κ3) is 7.05. The lowest BCUT2D eigenvalue weighted by Gasteiger charge is -2.35. The highest BCUT2D eigenvalue weighted by molar-refractivity contribution is 5.80. The van der Waals surface area contributed by atoms with Crippen LogP contribution in [-0.4, -0.2) is 81.0 Å². The highest BCUT2D eigenvalue weighted by Gasteiger charge is 2.33. The second-order valence-corrected chi connectivity index (χ2v) is 7.08. The predicted octanol–water partition coefficient (Wildman–Crippen LogP) is 1.75. The van der Waals surface area contributed by atoms with Crippen molar-refractivity contribution >= 4 is 12.0 Å². The van der Waals surface area contributed by atoms with Gasteiger partial charge in [-0.15, -0.1) is 0 Å². The molecule has 0 bridgehead atoms. The minimum Gasteiger partial charge on any atom is -0.444 e. The van der Waals surface area contributed by atoms with Crippen LogP contribution in [0.15, 0.2) is 0 Å². The number of carbonyl (C=O) groups is 2. The minimum absolute atomic E-state index is 0.0531. The maximum absolute atomic E-state index is 12.8. The van der Waals surface area contributed by atoms with Gasteiger partial charge in [0.2, 0.25) is 5.91 Å². The van der Waals surface area contributed by atoms with Crippen LogP contribution in [0.3, 0.4) is 0 Å².